The van der Waals surface area contributed by atoms with Gasteiger partial charge in [-0.2, -0.15) is 0 Å². The third-order valence-electron chi connectivity index (χ3n) is 5.00. The number of fused-ring (bicyclic) bond motifs is 1. The molecule has 0 unspecified atom stereocenters. The molecule has 1 amide bonds. The molecule has 2 aromatic heterocycles. The molecule has 0 N–H and O–H groups in total. The minimum absolute atomic E-state index is 0.00187. The van der Waals surface area contributed by atoms with Crippen LogP contribution in [0.3, 0.4) is 0 Å². The monoisotopic (exact) mass is 490 g/mol. The Bertz CT molecular complexity index is 1390. The highest BCUT2D eigenvalue weighted by Gasteiger charge is 2.22. The molecular weight excluding hydrogens is 470 g/mol. The summed E-state index contributed by atoms with van der Waals surface area (Å²) >= 11 is 1.04. The molecule has 4 aromatic rings. The zero-order valence-electron chi connectivity index (χ0n) is 17.6. The van der Waals surface area contributed by atoms with E-state index in [0.717, 1.165) is 23.7 Å². The van der Waals surface area contributed by atoms with Crippen LogP contribution in [0.5, 0.6) is 0 Å². The Morgan fingerprint density at radius 3 is 2.61 bits per heavy atom. The average molecular weight is 491 g/mol. The molecule has 0 atom stereocenters. The molecule has 0 aliphatic heterocycles. The number of aromatic nitrogens is 3. The van der Waals surface area contributed by atoms with Crippen molar-refractivity contribution in [3.8, 4) is 0 Å². The van der Waals surface area contributed by atoms with Crippen LogP contribution >= 0.6 is 11.3 Å². The van der Waals surface area contributed by atoms with Crippen LogP contribution in [0.4, 0.5) is 13.9 Å². The summed E-state index contributed by atoms with van der Waals surface area (Å²) in [4.78, 5) is 23.1. The Kier molecular flexibility index (Phi) is 6.52. The highest BCUT2D eigenvalue weighted by atomic mass is 32.2. The molecule has 0 spiro atoms. The second-order valence-electron chi connectivity index (χ2n) is 7.52. The number of rotatable bonds is 8. The van der Waals surface area contributed by atoms with Crippen LogP contribution in [-0.4, -0.2) is 41.7 Å². The van der Waals surface area contributed by atoms with Crippen LogP contribution in [0.15, 0.2) is 60.0 Å². The van der Waals surface area contributed by atoms with E-state index < -0.39 is 21.5 Å². The van der Waals surface area contributed by atoms with Gasteiger partial charge in [-0.25, -0.2) is 27.2 Å². The maximum absolute atomic E-state index is 14.2. The fourth-order valence-corrected chi connectivity index (χ4v) is 5.02. The maximum Gasteiger partial charge on any atom is 0.233 e. The number of thiazole rings is 1. The minimum Gasteiger partial charge on any atom is -0.337 e. The summed E-state index contributed by atoms with van der Waals surface area (Å²) in [6.45, 7) is 0.920. The lowest BCUT2D eigenvalue weighted by atomic mass is 10.1. The third-order valence-corrected chi connectivity index (χ3v) is 7.15. The number of anilines is 1. The van der Waals surface area contributed by atoms with Gasteiger partial charge in [0.05, 0.1) is 22.3 Å². The van der Waals surface area contributed by atoms with Gasteiger partial charge in [0.1, 0.15) is 11.3 Å². The molecule has 0 saturated heterocycles. The van der Waals surface area contributed by atoms with Gasteiger partial charge >= 0.3 is 0 Å². The first-order valence-corrected chi connectivity index (χ1v) is 12.7. The molecule has 4 rings (SSSR count). The predicted molar refractivity (Wildman–Crippen MR) is 122 cm³/mol. The van der Waals surface area contributed by atoms with Gasteiger partial charge in [0.25, 0.3) is 0 Å². The summed E-state index contributed by atoms with van der Waals surface area (Å²) in [5.74, 6) is -1.78. The van der Waals surface area contributed by atoms with Crippen molar-refractivity contribution in [3.63, 3.8) is 0 Å². The smallest absolute Gasteiger partial charge is 0.233 e. The second kappa shape index (κ2) is 9.36. The highest BCUT2D eigenvalue weighted by molar-refractivity contribution is 7.90. The lowest BCUT2D eigenvalue weighted by Crippen LogP contribution is -2.33. The number of carbonyl (C=O) groups excluding carboxylic acids is 1. The summed E-state index contributed by atoms with van der Waals surface area (Å²) in [6, 6.07) is 8.04. The van der Waals surface area contributed by atoms with Gasteiger partial charge in [-0.15, -0.1) is 0 Å². The van der Waals surface area contributed by atoms with Crippen molar-refractivity contribution in [1.82, 2.24) is 14.5 Å². The van der Waals surface area contributed by atoms with E-state index in [1.54, 1.807) is 24.7 Å². The van der Waals surface area contributed by atoms with Gasteiger partial charge in [0.2, 0.25) is 5.91 Å². The largest absolute Gasteiger partial charge is 0.337 e. The summed E-state index contributed by atoms with van der Waals surface area (Å²) in [6.07, 6.45) is 6.85. The fraction of sp³-hybridized carbons (Fsp3) is 0.227. The van der Waals surface area contributed by atoms with Crippen LogP contribution < -0.4 is 4.90 Å². The predicted octanol–water partition coefficient (Wildman–Crippen LogP) is 3.84. The number of hydrogen-bond acceptors (Lipinski definition) is 6. The Morgan fingerprint density at radius 1 is 1.18 bits per heavy atom. The van der Waals surface area contributed by atoms with E-state index in [1.807, 2.05) is 10.8 Å². The summed E-state index contributed by atoms with van der Waals surface area (Å²) in [7, 11) is -3.34. The van der Waals surface area contributed by atoms with Crippen molar-refractivity contribution in [3.05, 3.63) is 72.3 Å². The topological polar surface area (TPSA) is 85.2 Å². The van der Waals surface area contributed by atoms with Crippen molar-refractivity contribution in [2.45, 2.75) is 24.3 Å². The van der Waals surface area contributed by atoms with Crippen molar-refractivity contribution in [2.75, 3.05) is 17.7 Å². The standard InChI is InChI=1S/C22H20F2N4O3S2/c1-33(30,31)17-5-3-15(4-6-17)11-20(29)28(9-2-8-27-10-7-25-14-27)22-26-21-18(24)12-16(23)13-19(21)32-22/h3-7,10,12-14H,2,8-9,11H2,1H3. The summed E-state index contributed by atoms with van der Waals surface area (Å²) in [5.41, 5.74) is 0.645. The quantitative estimate of drug-likeness (QED) is 0.375. The molecule has 172 valence electrons. The molecule has 7 nitrogen and oxygen atoms in total. The van der Waals surface area contributed by atoms with Crippen molar-refractivity contribution >= 4 is 42.4 Å². The fourth-order valence-electron chi connectivity index (χ4n) is 3.34. The Morgan fingerprint density at radius 2 is 1.94 bits per heavy atom. The SMILES string of the molecule is CS(=O)(=O)c1ccc(CC(=O)N(CCCn2ccnc2)c2nc3c(F)cc(F)cc3s2)cc1. The number of halogens is 2. The van der Waals surface area contributed by atoms with Gasteiger partial charge in [-0.3, -0.25) is 9.69 Å². The summed E-state index contributed by atoms with van der Waals surface area (Å²) in [5, 5.41) is 0.276. The van der Waals surface area contributed by atoms with Crippen LogP contribution in [0, 0.1) is 11.6 Å². The molecule has 0 saturated carbocycles. The van der Waals surface area contributed by atoms with E-state index in [9.17, 15) is 22.0 Å². The molecule has 0 radical (unpaired) electrons. The van der Waals surface area contributed by atoms with Crippen LogP contribution in [0.2, 0.25) is 0 Å². The van der Waals surface area contributed by atoms with Gasteiger partial charge < -0.3 is 4.57 Å². The third kappa shape index (κ3) is 5.42. The van der Waals surface area contributed by atoms with Gasteiger partial charge in [-0.1, -0.05) is 23.5 Å². The average Bonchev–Trinajstić information content (AvgIpc) is 3.40. The molecule has 2 aromatic carbocycles. The van der Waals surface area contributed by atoms with E-state index in [2.05, 4.69) is 9.97 Å². The van der Waals surface area contributed by atoms with Gasteiger partial charge in [-0.05, 0) is 30.2 Å². The van der Waals surface area contributed by atoms with Crippen LogP contribution in [-0.2, 0) is 27.6 Å². The molecule has 0 bridgehead atoms. The molecule has 0 aliphatic carbocycles. The Labute approximate surface area is 193 Å². The van der Waals surface area contributed by atoms with Gasteiger partial charge in [0, 0.05) is 37.8 Å². The number of carbonyl (C=O) groups is 1. The van der Waals surface area contributed by atoms with Crippen LogP contribution in [0.1, 0.15) is 12.0 Å². The van der Waals surface area contributed by atoms with E-state index in [0.29, 0.717) is 29.8 Å². The number of sulfone groups is 1. The van der Waals surface area contributed by atoms with E-state index >= 15 is 0 Å². The van der Waals surface area contributed by atoms with Crippen molar-refractivity contribution < 1.29 is 22.0 Å². The Balaban J connectivity index is 1.59. The lowest BCUT2D eigenvalue weighted by molar-refractivity contribution is -0.118. The number of imidazole rings is 1. The van der Waals surface area contributed by atoms with E-state index in [-0.39, 0.29) is 27.9 Å². The Hall–Kier alpha value is -3.18. The number of amides is 1. The number of hydrogen-bond donors (Lipinski definition) is 0. The summed E-state index contributed by atoms with van der Waals surface area (Å²) < 4.78 is 53.3. The molecule has 2 heterocycles. The first kappa shape index (κ1) is 23.0. The zero-order chi connectivity index (χ0) is 23.6. The minimum atomic E-state index is -3.34. The normalized spacial score (nSPS) is 11.7. The second-order valence-corrected chi connectivity index (χ2v) is 10.5. The zero-order valence-corrected chi connectivity index (χ0v) is 19.2. The molecular formula is C22H20F2N4O3S2. The first-order valence-electron chi connectivity index (χ1n) is 10.0. The van der Waals surface area contributed by atoms with Crippen molar-refractivity contribution in [1.29, 1.82) is 0 Å². The number of aryl methyl sites for hydroxylation is 1. The van der Waals surface area contributed by atoms with E-state index in [1.165, 1.54) is 23.1 Å². The molecule has 11 heteroatoms. The molecule has 0 fully saturated rings. The molecule has 0 aliphatic rings. The number of nitrogens with zero attached hydrogens (tertiary/aromatic N) is 4. The van der Waals surface area contributed by atoms with E-state index in [4.69, 9.17) is 0 Å². The van der Waals surface area contributed by atoms with Crippen molar-refractivity contribution in [2.24, 2.45) is 0 Å². The maximum atomic E-state index is 14.2. The highest BCUT2D eigenvalue weighted by Crippen LogP contribution is 2.31. The van der Waals surface area contributed by atoms with Crippen LogP contribution in [0.25, 0.3) is 10.2 Å². The lowest BCUT2D eigenvalue weighted by Gasteiger charge is -2.20. The van der Waals surface area contributed by atoms with Gasteiger partial charge in [0.15, 0.2) is 20.8 Å². The molecule has 33 heavy (non-hydrogen) atoms. The first-order chi connectivity index (χ1) is 15.7. The number of benzene rings is 2.